The highest BCUT2D eigenvalue weighted by atomic mass is 16.3. The predicted octanol–water partition coefficient (Wildman–Crippen LogP) is 1.46. The van der Waals surface area contributed by atoms with Crippen LogP contribution in [0.2, 0.25) is 0 Å². The quantitative estimate of drug-likeness (QED) is 0.805. The second-order valence-electron chi connectivity index (χ2n) is 5.30. The van der Waals surface area contributed by atoms with E-state index in [4.69, 9.17) is 4.42 Å². The van der Waals surface area contributed by atoms with Gasteiger partial charge in [0.1, 0.15) is 5.76 Å². The molecule has 0 aliphatic carbocycles. The van der Waals surface area contributed by atoms with Crippen molar-refractivity contribution < 1.29 is 9.52 Å². The zero-order chi connectivity index (χ0) is 12.8. The Bertz CT molecular complexity index is 317. The van der Waals surface area contributed by atoms with Crippen molar-refractivity contribution in [3.63, 3.8) is 0 Å². The molecule has 1 aliphatic rings. The monoisotopic (exact) mass is 252 g/mol. The number of aliphatic hydroxyl groups is 1. The van der Waals surface area contributed by atoms with Crippen molar-refractivity contribution in [3.05, 3.63) is 24.2 Å². The van der Waals surface area contributed by atoms with Gasteiger partial charge in [-0.3, -0.25) is 0 Å². The van der Waals surface area contributed by atoms with Crippen molar-refractivity contribution >= 4 is 0 Å². The molecule has 0 spiro atoms. The molecule has 18 heavy (non-hydrogen) atoms. The Kier molecular flexibility index (Phi) is 5.23. The Labute approximate surface area is 109 Å². The molecule has 1 fully saturated rings. The summed E-state index contributed by atoms with van der Waals surface area (Å²) in [5.74, 6) is 1.76. The number of likely N-dealkylation sites (tertiary alicyclic amines) is 1. The van der Waals surface area contributed by atoms with Gasteiger partial charge in [0.15, 0.2) is 0 Å². The minimum Gasteiger partial charge on any atom is -0.468 e. The average Bonchev–Trinajstić information content (AvgIpc) is 2.84. The Morgan fingerprint density at radius 3 is 2.89 bits per heavy atom. The zero-order valence-corrected chi connectivity index (χ0v) is 11.1. The summed E-state index contributed by atoms with van der Waals surface area (Å²) in [6.45, 7) is 6.77. The number of aliphatic hydroxyl groups excluding tert-OH is 1. The molecule has 0 saturated carbocycles. The van der Waals surface area contributed by atoms with Crippen LogP contribution in [0.25, 0.3) is 0 Å². The first-order valence-corrected chi connectivity index (χ1v) is 6.87. The van der Waals surface area contributed by atoms with Crippen LogP contribution in [0.3, 0.4) is 0 Å². The van der Waals surface area contributed by atoms with Gasteiger partial charge in [-0.2, -0.15) is 0 Å². The van der Waals surface area contributed by atoms with Crippen molar-refractivity contribution in [1.29, 1.82) is 0 Å². The topological polar surface area (TPSA) is 48.6 Å². The van der Waals surface area contributed by atoms with E-state index in [1.54, 1.807) is 6.26 Å². The van der Waals surface area contributed by atoms with E-state index in [2.05, 4.69) is 10.2 Å². The van der Waals surface area contributed by atoms with E-state index < -0.39 is 0 Å². The Morgan fingerprint density at radius 1 is 1.50 bits per heavy atom. The van der Waals surface area contributed by atoms with Crippen LogP contribution in [-0.2, 0) is 6.54 Å². The highest BCUT2D eigenvalue weighted by Crippen LogP contribution is 2.16. The third-order valence-corrected chi connectivity index (χ3v) is 3.54. The van der Waals surface area contributed by atoms with Crippen molar-refractivity contribution in [3.8, 4) is 0 Å². The number of hydrogen-bond donors (Lipinski definition) is 2. The molecule has 1 aliphatic heterocycles. The molecular weight excluding hydrogens is 228 g/mol. The fourth-order valence-electron chi connectivity index (χ4n) is 2.56. The summed E-state index contributed by atoms with van der Waals surface area (Å²) in [6, 6.07) is 3.92. The first-order chi connectivity index (χ1) is 8.74. The summed E-state index contributed by atoms with van der Waals surface area (Å²) < 4.78 is 5.29. The van der Waals surface area contributed by atoms with E-state index in [1.165, 1.54) is 12.8 Å². The molecule has 0 unspecified atom stereocenters. The molecule has 1 atom stereocenters. The van der Waals surface area contributed by atoms with E-state index >= 15 is 0 Å². The summed E-state index contributed by atoms with van der Waals surface area (Å²) in [4.78, 5) is 2.35. The number of nitrogens with zero attached hydrogens (tertiary/aromatic N) is 1. The standard InChI is InChI=1S/C14H24N2O2/c1-12(17)11-16-6-4-13(5-7-16)9-15-10-14-3-2-8-18-14/h2-3,8,12-13,15,17H,4-7,9-11H2,1H3/t12-/m1/s1. The van der Waals surface area contributed by atoms with E-state index in [0.717, 1.165) is 44.4 Å². The maximum atomic E-state index is 9.35. The van der Waals surface area contributed by atoms with Crippen LogP contribution in [0.5, 0.6) is 0 Å². The van der Waals surface area contributed by atoms with Crippen molar-refractivity contribution in [2.24, 2.45) is 5.92 Å². The maximum Gasteiger partial charge on any atom is 0.117 e. The minimum absolute atomic E-state index is 0.210. The molecule has 102 valence electrons. The number of furan rings is 1. The largest absolute Gasteiger partial charge is 0.468 e. The third kappa shape index (κ3) is 4.44. The second kappa shape index (κ2) is 6.92. The first-order valence-electron chi connectivity index (χ1n) is 6.87. The van der Waals surface area contributed by atoms with Gasteiger partial charge in [-0.15, -0.1) is 0 Å². The number of piperidine rings is 1. The summed E-state index contributed by atoms with van der Waals surface area (Å²) >= 11 is 0. The van der Waals surface area contributed by atoms with Gasteiger partial charge in [0.05, 0.1) is 18.9 Å². The molecule has 4 heteroatoms. The van der Waals surface area contributed by atoms with Gasteiger partial charge in [0.2, 0.25) is 0 Å². The molecule has 1 saturated heterocycles. The van der Waals surface area contributed by atoms with Gasteiger partial charge < -0.3 is 19.7 Å². The SMILES string of the molecule is C[C@@H](O)CN1CCC(CNCc2ccco2)CC1. The Hall–Kier alpha value is -0.840. The molecule has 2 heterocycles. The van der Waals surface area contributed by atoms with Crippen LogP contribution in [0.1, 0.15) is 25.5 Å². The van der Waals surface area contributed by atoms with Crippen LogP contribution in [0.4, 0.5) is 0 Å². The van der Waals surface area contributed by atoms with Gasteiger partial charge in [-0.05, 0) is 57.5 Å². The van der Waals surface area contributed by atoms with Crippen LogP contribution >= 0.6 is 0 Å². The van der Waals surface area contributed by atoms with Crippen LogP contribution in [-0.4, -0.2) is 42.3 Å². The average molecular weight is 252 g/mol. The van der Waals surface area contributed by atoms with Crippen LogP contribution in [0, 0.1) is 5.92 Å². The lowest BCUT2D eigenvalue weighted by atomic mass is 9.96. The highest BCUT2D eigenvalue weighted by molar-refractivity contribution is 4.97. The molecule has 0 aromatic carbocycles. The molecule has 4 nitrogen and oxygen atoms in total. The normalized spacial score (nSPS) is 20.1. The summed E-state index contributed by atoms with van der Waals surface area (Å²) in [5, 5.41) is 12.8. The molecule has 0 bridgehead atoms. The lowest BCUT2D eigenvalue weighted by Crippen LogP contribution is -2.40. The summed E-state index contributed by atoms with van der Waals surface area (Å²) in [6.07, 6.45) is 3.94. The van der Waals surface area contributed by atoms with Gasteiger partial charge in [0.25, 0.3) is 0 Å². The Morgan fingerprint density at radius 2 is 2.28 bits per heavy atom. The van der Waals surface area contributed by atoms with E-state index in [0.29, 0.717) is 0 Å². The van der Waals surface area contributed by atoms with E-state index in [9.17, 15) is 5.11 Å². The Balaban J connectivity index is 1.59. The lowest BCUT2D eigenvalue weighted by Gasteiger charge is -2.32. The van der Waals surface area contributed by atoms with Gasteiger partial charge in [-0.1, -0.05) is 0 Å². The number of β-amino-alcohol motifs (C(OH)–C–C–N with tert-alkyl or cyclic N) is 1. The number of hydrogen-bond acceptors (Lipinski definition) is 4. The zero-order valence-electron chi connectivity index (χ0n) is 11.1. The van der Waals surface area contributed by atoms with Gasteiger partial charge in [0, 0.05) is 6.54 Å². The lowest BCUT2D eigenvalue weighted by molar-refractivity contribution is 0.0997. The molecular formula is C14H24N2O2. The van der Waals surface area contributed by atoms with Gasteiger partial charge in [-0.25, -0.2) is 0 Å². The van der Waals surface area contributed by atoms with Crippen molar-refractivity contribution in [2.45, 2.75) is 32.4 Å². The molecule has 0 radical (unpaired) electrons. The smallest absolute Gasteiger partial charge is 0.117 e. The van der Waals surface area contributed by atoms with Gasteiger partial charge >= 0.3 is 0 Å². The van der Waals surface area contributed by atoms with Crippen molar-refractivity contribution in [1.82, 2.24) is 10.2 Å². The highest BCUT2D eigenvalue weighted by Gasteiger charge is 2.19. The van der Waals surface area contributed by atoms with Crippen LogP contribution in [0.15, 0.2) is 22.8 Å². The fraction of sp³-hybridized carbons (Fsp3) is 0.714. The number of rotatable bonds is 6. The molecule has 2 N–H and O–H groups in total. The molecule has 1 aromatic rings. The molecule has 0 amide bonds. The van der Waals surface area contributed by atoms with Crippen molar-refractivity contribution in [2.75, 3.05) is 26.2 Å². The predicted molar refractivity (Wildman–Crippen MR) is 71.3 cm³/mol. The molecule has 1 aromatic heterocycles. The number of nitrogens with one attached hydrogen (secondary N) is 1. The summed E-state index contributed by atoms with van der Waals surface area (Å²) in [7, 11) is 0. The second-order valence-corrected chi connectivity index (χ2v) is 5.30. The first kappa shape index (κ1) is 13.6. The molecule has 2 rings (SSSR count). The minimum atomic E-state index is -0.210. The van der Waals surface area contributed by atoms with E-state index in [-0.39, 0.29) is 6.10 Å². The maximum absolute atomic E-state index is 9.35. The summed E-state index contributed by atoms with van der Waals surface area (Å²) in [5.41, 5.74) is 0. The third-order valence-electron chi connectivity index (χ3n) is 3.54. The van der Waals surface area contributed by atoms with E-state index in [1.807, 2.05) is 19.1 Å². The fourth-order valence-corrected chi connectivity index (χ4v) is 2.56. The van der Waals surface area contributed by atoms with Crippen LogP contribution < -0.4 is 5.32 Å².